The first-order valence-electron chi connectivity index (χ1n) is 7.96. The van der Waals surface area contributed by atoms with Crippen LogP contribution >= 0.6 is 0 Å². The lowest BCUT2D eigenvalue weighted by molar-refractivity contribution is -0.151. The number of hydrogen-bond donors (Lipinski definition) is 0. The number of carbonyl (C=O) groups is 2. The molecule has 0 bridgehead atoms. The van der Waals surface area contributed by atoms with Crippen molar-refractivity contribution in [3.63, 3.8) is 0 Å². The molecule has 0 aromatic heterocycles. The number of ether oxygens (including phenoxy) is 2. The van der Waals surface area contributed by atoms with E-state index < -0.39 is 11.9 Å². The molecule has 1 unspecified atom stereocenters. The summed E-state index contributed by atoms with van der Waals surface area (Å²) in [6.45, 7) is 12.6. The van der Waals surface area contributed by atoms with Crippen LogP contribution in [0.15, 0.2) is 12.2 Å². The summed E-state index contributed by atoms with van der Waals surface area (Å²) in [5, 5.41) is 0. The SMILES string of the molecule is C=C(C(=O)OCCCC)C(CC(C)C)C(=O)OCCCC. The van der Waals surface area contributed by atoms with Crippen molar-refractivity contribution in [3.05, 3.63) is 12.2 Å². The Kier molecular flexibility index (Phi) is 10.6. The summed E-state index contributed by atoms with van der Waals surface area (Å²) >= 11 is 0. The Hall–Kier alpha value is -1.32. The molecule has 0 rings (SSSR count). The molecule has 1 atom stereocenters. The molecule has 0 aliphatic carbocycles. The molecule has 0 aromatic carbocycles. The molecule has 4 heteroatoms. The van der Waals surface area contributed by atoms with Crippen LogP contribution in [0, 0.1) is 11.8 Å². The average Bonchev–Trinajstić information content (AvgIpc) is 2.44. The molecule has 122 valence electrons. The van der Waals surface area contributed by atoms with Gasteiger partial charge in [0.15, 0.2) is 0 Å². The van der Waals surface area contributed by atoms with E-state index >= 15 is 0 Å². The highest BCUT2D eigenvalue weighted by Crippen LogP contribution is 2.22. The molecule has 0 saturated carbocycles. The highest BCUT2D eigenvalue weighted by molar-refractivity contribution is 5.94. The number of hydrogen-bond acceptors (Lipinski definition) is 4. The number of carbonyl (C=O) groups excluding carboxylic acids is 2. The Morgan fingerprint density at radius 3 is 2.00 bits per heavy atom. The second-order valence-electron chi connectivity index (χ2n) is 5.72. The zero-order valence-electron chi connectivity index (χ0n) is 13.9. The highest BCUT2D eigenvalue weighted by atomic mass is 16.5. The summed E-state index contributed by atoms with van der Waals surface area (Å²) in [7, 11) is 0. The van der Waals surface area contributed by atoms with E-state index in [2.05, 4.69) is 6.58 Å². The van der Waals surface area contributed by atoms with Crippen LogP contribution in [0.3, 0.4) is 0 Å². The minimum atomic E-state index is -0.601. The maximum Gasteiger partial charge on any atom is 0.334 e. The Morgan fingerprint density at radius 2 is 1.52 bits per heavy atom. The molecule has 4 nitrogen and oxygen atoms in total. The van der Waals surface area contributed by atoms with Crippen molar-refractivity contribution in [2.45, 2.75) is 59.8 Å². The fourth-order valence-electron chi connectivity index (χ4n) is 1.81. The summed E-state index contributed by atoms with van der Waals surface area (Å²) in [6.07, 6.45) is 4.10. The molecule has 0 aromatic rings. The van der Waals surface area contributed by atoms with Crippen molar-refractivity contribution in [2.24, 2.45) is 11.8 Å². The number of rotatable bonds is 11. The summed E-state index contributed by atoms with van der Waals surface area (Å²) in [5.74, 6) is -1.18. The van der Waals surface area contributed by atoms with Crippen molar-refractivity contribution >= 4 is 11.9 Å². The van der Waals surface area contributed by atoms with E-state index in [1.807, 2.05) is 27.7 Å². The van der Waals surface area contributed by atoms with Crippen LogP contribution in [0.25, 0.3) is 0 Å². The Morgan fingerprint density at radius 1 is 1.00 bits per heavy atom. The van der Waals surface area contributed by atoms with Gasteiger partial charge in [-0.25, -0.2) is 4.79 Å². The van der Waals surface area contributed by atoms with Gasteiger partial charge in [0, 0.05) is 5.57 Å². The second-order valence-corrected chi connectivity index (χ2v) is 5.72. The standard InChI is InChI=1S/C17H30O4/c1-6-8-10-20-16(18)14(5)15(12-13(3)4)17(19)21-11-9-7-2/h13,15H,5-12H2,1-4H3. The van der Waals surface area contributed by atoms with E-state index in [1.54, 1.807) is 0 Å². The molecule has 0 aliphatic heterocycles. The fraction of sp³-hybridized carbons (Fsp3) is 0.765. The van der Waals surface area contributed by atoms with Gasteiger partial charge in [0.2, 0.25) is 0 Å². The normalized spacial score (nSPS) is 12.0. The third-order valence-corrected chi connectivity index (χ3v) is 3.15. The van der Waals surface area contributed by atoms with E-state index in [0.717, 1.165) is 25.7 Å². The minimum Gasteiger partial charge on any atom is -0.465 e. The summed E-state index contributed by atoms with van der Waals surface area (Å²) in [4.78, 5) is 24.1. The summed E-state index contributed by atoms with van der Waals surface area (Å²) in [5.41, 5.74) is 0.210. The molecule has 0 amide bonds. The van der Waals surface area contributed by atoms with E-state index in [0.29, 0.717) is 19.6 Å². The monoisotopic (exact) mass is 298 g/mol. The van der Waals surface area contributed by atoms with Crippen LogP contribution in [-0.2, 0) is 19.1 Å². The van der Waals surface area contributed by atoms with E-state index in [1.165, 1.54) is 0 Å². The predicted octanol–water partition coefficient (Wildman–Crippen LogP) is 3.89. The maximum absolute atomic E-state index is 12.1. The van der Waals surface area contributed by atoms with Crippen molar-refractivity contribution < 1.29 is 19.1 Å². The van der Waals surface area contributed by atoms with Crippen LogP contribution in [-0.4, -0.2) is 25.2 Å². The Labute approximate surface area is 128 Å². The largest absolute Gasteiger partial charge is 0.465 e. The van der Waals surface area contributed by atoms with Gasteiger partial charge in [0.05, 0.1) is 19.1 Å². The van der Waals surface area contributed by atoms with Gasteiger partial charge < -0.3 is 9.47 Å². The van der Waals surface area contributed by atoms with Crippen molar-refractivity contribution in [1.29, 1.82) is 0 Å². The fourth-order valence-corrected chi connectivity index (χ4v) is 1.81. The quantitative estimate of drug-likeness (QED) is 0.330. The van der Waals surface area contributed by atoms with Crippen LogP contribution in [0.4, 0.5) is 0 Å². The minimum absolute atomic E-state index is 0.210. The van der Waals surface area contributed by atoms with Crippen LogP contribution in [0.2, 0.25) is 0 Å². The Bertz CT molecular complexity index is 334. The topological polar surface area (TPSA) is 52.6 Å². The van der Waals surface area contributed by atoms with Crippen LogP contribution < -0.4 is 0 Å². The first-order valence-corrected chi connectivity index (χ1v) is 7.96. The van der Waals surface area contributed by atoms with Gasteiger partial charge in [0.1, 0.15) is 0 Å². The zero-order chi connectivity index (χ0) is 16.3. The third kappa shape index (κ3) is 8.53. The first-order chi connectivity index (χ1) is 9.93. The van der Waals surface area contributed by atoms with Crippen molar-refractivity contribution in [3.8, 4) is 0 Å². The molecular weight excluding hydrogens is 268 g/mol. The lowest BCUT2D eigenvalue weighted by Crippen LogP contribution is -2.26. The second kappa shape index (κ2) is 11.4. The summed E-state index contributed by atoms with van der Waals surface area (Å²) < 4.78 is 10.4. The molecule has 0 saturated heterocycles. The third-order valence-electron chi connectivity index (χ3n) is 3.15. The molecule has 0 aliphatic rings. The van der Waals surface area contributed by atoms with Crippen molar-refractivity contribution in [1.82, 2.24) is 0 Å². The van der Waals surface area contributed by atoms with E-state index in [-0.39, 0.29) is 17.5 Å². The predicted molar refractivity (Wildman–Crippen MR) is 83.8 cm³/mol. The van der Waals surface area contributed by atoms with Gasteiger partial charge in [-0.05, 0) is 25.2 Å². The smallest absolute Gasteiger partial charge is 0.334 e. The van der Waals surface area contributed by atoms with E-state index in [4.69, 9.17) is 9.47 Å². The van der Waals surface area contributed by atoms with Gasteiger partial charge in [-0.1, -0.05) is 47.1 Å². The van der Waals surface area contributed by atoms with Gasteiger partial charge >= 0.3 is 11.9 Å². The molecule has 0 spiro atoms. The van der Waals surface area contributed by atoms with Gasteiger partial charge in [-0.3, -0.25) is 4.79 Å². The highest BCUT2D eigenvalue weighted by Gasteiger charge is 2.29. The molecule has 21 heavy (non-hydrogen) atoms. The maximum atomic E-state index is 12.1. The molecule has 0 N–H and O–H groups in total. The van der Waals surface area contributed by atoms with Crippen LogP contribution in [0.1, 0.15) is 59.8 Å². The molecule has 0 fully saturated rings. The molecular formula is C17H30O4. The van der Waals surface area contributed by atoms with Crippen LogP contribution in [0.5, 0.6) is 0 Å². The lowest BCUT2D eigenvalue weighted by atomic mass is 9.91. The number of unbranched alkanes of at least 4 members (excludes halogenated alkanes) is 2. The molecule has 0 radical (unpaired) electrons. The van der Waals surface area contributed by atoms with Gasteiger partial charge in [-0.2, -0.15) is 0 Å². The van der Waals surface area contributed by atoms with E-state index in [9.17, 15) is 9.59 Å². The summed E-state index contributed by atoms with van der Waals surface area (Å²) in [6, 6.07) is 0. The van der Waals surface area contributed by atoms with Crippen molar-refractivity contribution in [2.75, 3.05) is 13.2 Å². The molecule has 0 heterocycles. The Balaban J connectivity index is 4.60. The van der Waals surface area contributed by atoms with Gasteiger partial charge in [0.25, 0.3) is 0 Å². The number of esters is 2. The van der Waals surface area contributed by atoms with Gasteiger partial charge in [-0.15, -0.1) is 0 Å². The lowest BCUT2D eigenvalue weighted by Gasteiger charge is -2.19. The zero-order valence-corrected chi connectivity index (χ0v) is 13.9. The average molecular weight is 298 g/mol. The first kappa shape index (κ1) is 19.7.